The fourth-order valence-electron chi connectivity index (χ4n) is 4.08. The molecular formula is C23H34N4O4S2. The Hall–Kier alpha value is -1.75. The highest BCUT2D eigenvalue weighted by atomic mass is 33.1. The van der Waals surface area contributed by atoms with Crippen LogP contribution in [0.4, 0.5) is 0 Å². The Morgan fingerprint density at radius 3 is 2.70 bits per heavy atom. The molecule has 4 unspecified atom stereocenters. The smallest absolute Gasteiger partial charge is 0.328 e. The average Bonchev–Trinajstić information content (AvgIpc) is 2.82. The number of benzene rings is 1. The van der Waals surface area contributed by atoms with E-state index in [1.54, 1.807) is 26.5 Å². The summed E-state index contributed by atoms with van der Waals surface area (Å²) in [5.41, 5.74) is 8.17. The van der Waals surface area contributed by atoms with Gasteiger partial charge in [-0.1, -0.05) is 65.6 Å². The normalized spacial score (nSPS) is 24.1. The lowest BCUT2D eigenvalue weighted by atomic mass is 9.92. The van der Waals surface area contributed by atoms with Crippen molar-refractivity contribution in [2.75, 3.05) is 25.2 Å². The number of fused-ring (bicyclic) bond motifs is 1. The lowest BCUT2D eigenvalue weighted by Gasteiger charge is -2.39. The van der Waals surface area contributed by atoms with E-state index in [0.29, 0.717) is 31.7 Å². The summed E-state index contributed by atoms with van der Waals surface area (Å²) >= 11 is 0. The van der Waals surface area contributed by atoms with Crippen LogP contribution >= 0.6 is 21.6 Å². The molecule has 182 valence electrons. The van der Waals surface area contributed by atoms with E-state index in [1.165, 1.54) is 7.11 Å². The van der Waals surface area contributed by atoms with Gasteiger partial charge < -0.3 is 26.0 Å². The van der Waals surface area contributed by atoms with Gasteiger partial charge in [0.25, 0.3) is 0 Å². The summed E-state index contributed by atoms with van der Waals surface area (Å²) in [5, 5.41) is 6.15. The van der Waals surface area contributed by atoms with Crippen LogP contribution in [0.15, 0.2) is 24.3 Å². The zero-order chi connectivity index (χ0) is 23.8. The Kier molecular flexibility index (Phi) is 9.91. The third kappa shape index (κ3) is 6.88. The number of nitrogens with two attached hydrogens (primary N) is 1. The van der Waals surface area contributed by atoms with Crippen molar-refractivity contribution in [3.05, 3.63) is 35.4 Å². The van der Waals surface area contributed by atoms with Crippen molar-refractivity contribution in [1.82, 2.24) is 15.5 Å². The highest BCUT2D eigenvalue weighted by Gasteiger charge is 2.39. The van der Waals surface area contributed by atoms with E-state index in [2.05, 4.69) is 10.6 Å². The molecule has 8 nitrogen and oxygen atoms in total. The first-order chi connectivity index (χ1) is 15.9. The molecule has 3 rings (SSSR count). The van der Waals surface area contributed by atoms with Crippen LogP contribution in [0.3, 0.4) is 0 Å². The van der Waals surface area contributed by atoms with Crippen molar-refractivity contribution in [3.63, 3.8) is 0 Å². The Morgan fingerprint density at radius 1 is 1.24 bits per heavy atom. The number of carbonyl (C=O) groups is 3. The lowest BCUT2D eigenvalue weighted by Crippen LogP contribution is -2.60. The standard InChI is InChI=1S/C23H34N4O4S2/c1-3-4-9-18(23(30)31-2)26-21(28)20-10-15-7-5-6-8-16(15)12-27(20)22(29)19-14-33-32-13-17(24)11-25-19/h5-8,17-20,25H,3-4,9-14,24H2,1-2H3,(H,26,28). The number of amides is 2. The number of unbranched alkanes of at least 4 members (excludes halogenated alkanes) is 1. The molecule has 2 heterocycles. The molecule has 10 heteroatoms. The van der Waals surface area contributed by atoms with Gasteiger partial charge in [-0.15, -0.1) is 0 Å². The average molecular weight is 495 g/mol. The second-order valence-corrected chi connectivity index (χ2v) is 11.0. The minimum atomic E-state index is -0.721. The van der Waals surface area contributed by atoms with Crippen LogP contribution in [-0.2, 0) is 32.1 Å². The molecule has 0 spiro atoms. The Morgan fingerprint density at radius 2 is 1.97 bits per heavy atom. The summed E-state index contributed by atoms with van der Waals surface area (Å²) in [5.74, 6) is 0.524. The quantitative estimate of drug-likeness (QED) is 0.386. The van der Waals surface area contributed by atoms with Crippen molar-refractivity contribution in [3.8, 4) is 0 Å². The molecule has 1 aromatic carbocycles. The fourth-order valence-corrected chi connectivity index (χ4v) is 6.47. The molecule has 4 atom stereocenters. The van der Waals surface area contributed by atoms with Gasteiger partial charge in [0.2, 0.25) is 11.8 Å². The fraction of sp³-hybridized carbons (Fsp3) is 0.609. The number of nitrogens with one attached hydrogen (secondary N) is 2. The monoisotopic (exact) mass is 494 g/mol. The highest BCUT2D eigenvalue weighted by molar-refractivity contribution is 8.76. The number of esters is 1. The van der Waals surface area contributed by atoms with E-state index >= 15 is 0 Å². The first-order valence-electron chi connectivity index (χ1n) is 11.4. The van der Waals surface area contributed by atoms with Crippen LogP contribution in [0.1, 0.15) is 37.3 Å². The van der Waals surface area contributed by atoms with Crippen LogP contribution in [-0.4, -0.2) is 72.0 Å². The van der Waals surface area contributed by atoms with Crippen LogP contribution in [0.5, 0.6) is 0 Å². The van der Waals surface area contributed by atoms with Gasteiger partial charge in [0.05, 0.1) is 13.2 Å². The molecule has 1 saturated heterocycles. The molecule has 0 radical (unpaired) electrons. The van der Waals surface area contributed by atoms with Gasteiger partial charge in [-0.25, -0.2) is 4.79 Å². The molecule has 2 aliphatic rings. The van der Waals surface area contributed by atoms with Crippen molar-refractivity contribution in [1.29, 1.82) is 0 Å². The predicted octanol–water partition coefficient (Wildman–Crippen LogP) is 1.47. The molecule has 0 saturated carbocycles. The summed E-state index contributed by atoms with van der Waals surface area (Å²) < 4.78 is 4.90. The van der Waals surface area contributed by atoms with E-state index in [1.807, 2.05) is 31.2 Å². The second-order valence-electron chi connectivity index (χ2n) is 8.47. The molecular weight excluding hydrogens is 460 g/mol. The number of hydrogen-bond acceptors (Lipinski definition) is 8. The predicted molar refractivity (Wildman–Crippen MR) is 133 cm³/mol. The van der Waals surface area contributed by atoms with Crippen LogP contribution in [0.25, 0.3) is 0 Å². The zero-order valence-electron chi connectivity index (χ0n) is 19.2. The highest BCUT2D eigenvalue weighted by Crippen LogP contribution is 2.28. The maximum Gasteiger partial charge on any atom is 0.328 e. The summed E-state index contributed by atoms with van der Waals surface area (Å²) in [6.45, 7) is 2.93. The molecule has 0 aliphatic carbocycles. The van der Waals surface area contributed by atoms with Gasteiger partial charge in [-0.3, -0.25) is 9.59 Å². The Labute approximate surface area is 203 Å². The second kappa shape index (κ2) is 12.6. The van der Waals surface area contributed by atoms with E-state index < -0.39 is 24.1 Å². The number of ether oxygens (including phenoxy) is 1. The van der Waals surface area contributed by atoms with E-state index in [4.69, 9.17) is 10.5 Å². The SMILES string of the molecule is CCCCC(NC(=O)C1Cc2ccccc2CN1C(=O)C1CSSCC(N)CN1)C(=O)OC. The van der Waals surface area contributed by atoms with Gasteiger partial charge in [0.1, 0.15) is 12.1 Å². The summed E-state index contributed by atoms with van der Waals surface area (Å²) in [6, 6.07) is 6.00. The van der Waals surface area contributed by atoms with Gasteiger partial charge in [0, 0.05) is 37.1 Å². The number of nitrogens with zero attached hydrogens (tertiary/aromatic N) is 1. The van der Waals surface area contributed by atoms with Crippen molar-refractivity contribution in [2.24, 2.45) is 5.73 Å². The Balaban J connectivity index is 1.82. The summed E-state index contributed by atoms with van der Waals surface area (Å²) in [6.07, 6.45) is 2.60. The largest absolute Gasteiger partial charge is 0.467 e. The van der Waals surface area contributed by atoms with Crippen LogP contribution < -0.4 is 16.4 Å². The zero-order valence-corrected chi connectivity index (χ0v) is 20.9. The Bertz CT molecular complexity index is 840. The number of methoxy groups -OCH3 is 1. The van der Waals surface area contributed by atoms with Crippen LogP contribution in [0, 0.1) is 0 Å². The van der Waals surface area contributed by atoms with E-state index in [0.717, 1.165) is 29.7 Å². The van der Waals surface area contributed by atoms with E-state index in [-0.39, 0.29) is 17.9 Å². The van der Waals surface area contributed by atoms with Crippen LogP contribution in [0.2, 0.25) is 0 Å². The van der Waals surface area contributed by atoms with E-state index in [9.17, 15) is 14.4 Å². The maximum atomic E-state index is 13.6. The maximum absolute atomic E-state index is 13.6. The third-order valence-electron chi connectivity index (χ3n) is 6.01. The van der Waals surface area contributed by atoms with Gasteiger partial charge in [-0.2, -0.15) is 0 Å². The molecule has 33 heavy (non-hydrogen) atoms. The molecule has 0 bridgehead atoms. The molecule has 4 N–H and O–H groups in total. The minimum absolute atomic E-state index is 0.0290. The molecule has 1 fully saturated rings. The van der Waals surface area contributed by atoms with Crippen molar-refractivity contribution in [2.45, 2.75) is 63.3 Å². The third-order valence-corrected chi connectivity index (χ3v) is 8.52. The van der Waals surface area contributed by atoms with Crippen molar-refractivity contribution >= 4 is 39.4 Å². The lowest BCUT2D eigenvalue weighted by molar-refractivity contribution is -0.148. The first kappa shape index (κ1) is 25.9. The topological polar surface area (TPSA) is 114 Å². The summed E-state index contributed by atoms with van der Waals surface area (Å²) in [7, 11) is 4.61. The minimum Gasteiger partial charge on any atom is -0.467 e. The molecule has 2 aliphatic heterocycles. The summed E-state index contributed by atoms with van der Waals surface area (Å²) in [4.78, 5) is 40.9. The van der Waals surface area contributed by atoms with Gasteiger partial charge in [0.15, 0.2) is 0 Å². The molecule has 0 aromatic heterocycles. The molecule has 1 aromatic rings. The number of rotatable bonds is 7. The van der Waals surface area contributed by atoms with Crippen molar-refractivity contribution < 1.29 is 19.1 Å². The molecule has 2 amide bonds. The van der Waals surface area contributed by atoms with Gasteiger partial charge >= 0.3 is 5.97 Å². The first-order valence-corrected chi connectivity index (χ1v) is 13.9. The number of carbonyl (C=O) groups excluding carboxylic acids is 3. The number of hydrogen-bond donors (Lipinski definition) is 3. The van der Waals surface area contributed by atoms with Gasteiger partial charge in [-0.05, 0) is 17.5 Å².